The van der Waals surface area contributed by atoms with E-state index in [4.69, 9.17) is 0 Å². The first-order valence-electron chi connectivity index (χ1n) is 8.86. The van der Waals surface area contributed by atoms with Gasteiger partial charge >= 0.3 is 0 Å². The summed E-state index contributed by atoms with van der Waals surface area (Å²) in [7, 11) is 4.29. The molecule has 134 valence electrons. The largest absolute Gasteiger partial charge is 0.353 e. The third kappa shape index (κ3) is 4.11. The average molecular weight is 352 g/mol. The fraction of sp³-hybridized carbons (Fsp3) is 0.632. The molecule has 3 rings (SSSR count). The molecule has 2 aliphatic rings. The van der Waals surface area contributed by atoms with E-state index in [-0.39, 0.29) is 29.9 Å². The van der Waals surface area contributed by atoms with Gasteiger partial charge in [-0.3, -0.25) is 4.79 Å². The van der Waals surface area contributed by atoms with E-state index in [1.54, 1.807) is 0 Å². The van der Waals surface area contributed by atoms with E-state index in [2.05, 4.69) is 53.9 Å². The van der Waals surface area contributed by atoms with Crippen LogP contribution in [0.3, 0.4) is 0 Å². The summed E-state index contributed by atoms with van der Waals surface area (Å²) in [4.78, 5) is 14.9. The van der Waals surface area contributed by atoms with E-state index in [0.717, 1.165) is 19.5 Å². The van der Waals surface area contributed by atoms with E-state index in [1.807, 2.05) is 0 Å². The molecule has 0 radical (unpaired) electrons. The molecule has 1 unspecified atom stereocenters. The molecule has 1 aromatic carbocycles. The molecule has 2 N–H and O–H groups in total. The molecule has 1 amide bonds. The van der Waals surface area contributed by atoms with Crippen LogP contribution >= 0.6 is 12.4 Å². The summed E-state index contributed by atoms with van der Waals surface area (Å²) in [6.07, 6.45) is 7.01. The highest BCUT2D eigenvalue weighted by Gasteiger charge is 2.35. The highest BCUT2D eigenvalue weighted by Crippen LogP contribution is 2.31. The number of rotatable bonds is 4. The zero-order valence-corrected chi connectivity index (χ0v) is 15.6. The average Bonchev–Trinajstić information content (AvgIpc) is 2.60. The Balaban J connectivity index is 0.00000208. The van der Waals surface area contributed by atoms with Gasteiger partial charge in [0.15, 0.2) is 0 Å². The lowest BCUT2D eigenvalue weighted by atomic mass is 9.80. The van der Waals surface area contributed by atoms with E-state index in [1.165, 1.54) is 43.2 Å². The second-order valence-electron chi connectivity index (χ2n) is 7.30. The number of hydrogen-bond donors (Lipinski definition) is 2. The standard InChI is InChI=1S/C19H29N3O.ClH/c1-22(2)19(10-6-3-7-11-19)14-21-18(23)17-12-15-8-4-5-9-16(15)13-20-17;/h4-5,8-9,17,20H,3,6-7,10-14H2,1-2H3,(H,21,23);1H. The van der Waals surface area contributed by atoms with Crippen molar-refractivity contribution in [2.24, 2.45) is 0 Å². The van der Waals surface area contributed by atoms with Crippen molar-refractivity contribution in [1.82, 2.24) is 15.5 Å². The number of carbonyl (C=O) groups excluding carboxylic acids is 1. The van der Waals surface area contributed by atoms with Crippen LogP contribution in [-0.4, -0.2) is 43.0 Å². The van der Waals surface area contributed by atoms with Crippen LogP contribution in [0.5, 0.6) is 0 Å². The van der Waals surface area contributed by atoms with Gasteiger partial charge in [-0.05, 0) is 44.5 Å². The summed E-state index contributed by atoms with van der Waals surface area (Å²) in [5.41, 5.74) is 2.75. The van der Waals surface area contributed by atoms with Crippen molar-refractivity contribution in [3.63, 3.8) is 0 Å². The molecule has 24 heavy (non-hydrogen) atoms. The Morgan fingerprint density at radius 2 is 1.88 bits per heavy atom. The number of nitrogens with one attached hydrogen (secondary N) is 2. The van der Waals surface area contributed by atoms with Gasteiger partial charge in [0.2, 0.25) is 5.91 Å². The summed E-state index contributed by atoms with van der Waals surface area (Å²) in [6.45, 7) is 1.55. The Kier molecular flexibility index (Phi) is 6.67. The zero-order valence-electron chi connectivity index (χ0n) is 14.8. The lowest BCUT2D eigenvalue weighted by molar-refractivity contribution is -0.124. The first-order valence-corrected chi connectivity index (χ1v) is 8.86. The van der Waals surface area contributed by atoms with Gasteiger partial charge in [0, 0.05) is 18.6 Å². The Hall–Kier alpha value is -1.10. The highest BCUT2D eigenvalue weighted by molar-refractivity contribution is 5.85. The topological polar surface area (TPSA) is 44.4 Å². The molecule has 0 saturated heterocycles. The summed E-state index contributed by atoms with van der Waals surface area (Å²) in [5, 5.41) is 6.61. The quantitative estimate of drug-likeness (QED) is 0.876. The summed E-state index contributed by atoms with van der Waals surface area (Å²) in [6, 6.07) is 8.29. The maximum absolute atomic E-state index is 12.6. The van der Waals surface area contributed by atoms with Crippen LogP contribution in [-0.2, 0) is 17.8 Å². The van der Waals surface area contributed by atoms with Gasteiger partial charge in [0.1, 0.15) is 0 Å². The number of amides is 1. The van der Waals surface area contributed by atoms with Crippen molar-refractivity contribution in [2.45, 2.75) is 56.7 Å². The molecular formula is C19H30ClN3O. The van der Waals surface area contributed by atoms with Crippen molar-refractivity contribution in [2.75, 3.05) is 20.6 Å². The van der Waals surface area contributed by atoms with Gasteiger partial charge in [-0.2, -0.15) is 0 Å². The monoisotopic (exact) mass is 351 g/mol. The number of benzene rings is 1. The van der Waals surface area contributed by atoms with Crippen molar-refractivity contribution in [3.8, 4) is 0 Å². The van der Waals surface area contributed by atoms with Gasteiger partial charge in [0.25, 0.3) is 0 Å². The van der Waals surface area contributed by atoms with Gasteiger partial charge in [-0.1, -0.05) is 43.5 Å². The SMILES string of the molecule is CN(C)C1(CNC(=O)C2Cc3ccccc3CN2)CCCCC1.Cl. The molecule has 1 aliphatic heterocycles. The van der Waals surface area contributed by atoms with Gasteiger partial charge in [-0.15, -0.1) is 12.4 Å². The fourth-order valence-electron chi connectivity index (χ4n) is 4.01. The summed E-state index contributed by atoms with van der Waals surface area (Å²) >= 11 is 0. The zero-order chi connectivity index (χ0) is 16.3. The minimum Gasteiger partial charge on any atom is -0.353 e. The highest BCUT2D eigenvalue weighted by atomic mass is 35.5. The van der Waals surface area contributed by atoms with Crippen LogP contribution in [0.4, 0.5) is 0 Å². The van der Waals surface area contributed by atoms with Gasteiger partial charge in [0.05, 0.1) is 6.04 Å². The normalized spacial score (nSPS) is 22.4. The molecule has 1 aliphatic carbocycles. The van der Waals surface area contributed by atoms with E-state index in [9.17, 15) is 4.79 Å². The molecular weight excluding hydrogens is 322 g/mol. The number of nitrogens with zero attached hydrogens (tertiary/aromatic N) is 1. The number of hydrogen-bond acceptors (Lipinski definition) is 3. The smallest absolute Gasteiger partial charge is 0.237 e. The molecule has 0 bridgehead atoms. The first-order chi connectivity index (χ1) is 11.1. The van der Waals surface area contributed by atoms with Gasteiger partial charge in [-0.25, -0.2) is 0 Å². The molecule has 1 aromatic rings. The number of likely N-dealkylation sites (N-methyl/N-ethyl adjacent to an activating group) is 1. The molecule has 5 heteroatoms. The van der Waals surface area contributed by atoms with Crippen molar-refractivity contribution in [1.29, 1.82) is 0 Å². The van der Waals surface area contributed by atoms with Gasteiger partial charge < -0.3 is 15.5 Å². The molecule has 0 aromatic heterocycles. The van der Waals surface area contributed by atoms with Crippen LogP contribution in [0.25, 0.3) is 0 Å². The van der Waals surface area contributed by atoms with Crippen LogP contribution in [0.2, 0.25) is 0 Å². The van der Waals surface area contributed by atoms with E-state index in [0.29, 0.717) is 0 Å². The Labute approximate surface area is 151 Å². The molecule has 1 atom stereocenters. The molecule has 1 fully saturated rings. The third-order valence-electron chi connectivity index (χ3n) is 5.72. The van der Waals surface area contributed by atoms with Crippen molar-refractivity contribution in [3.05, 3.63) is 35.4 Å². The van der Waals surface area contributed by atoms with E-state index >= 15 is 0 Å². The maximum atomic E-state index is 12.6. The van der Waals surface area contributed by atoms with E-state index < -0.39 is 0 Å². The maximum Gasteiger partial charge on any atom is 0.237 e. The molecule has 4 nitrogen and oxygen atoms in total. The number of fused-ring (bicyclic) bond motifs is 1. The molecule has 1 heterocycles. The Morgan fingerprint density at radius 3 is 2.54 bits per heavy atom. The molecule has 0 spiro atoms. The number of carbonyl (C=O) groups is 1. The lowest BCUT2D eigenvalue weighted by Crippen LogP contribution is -2.56. The Morgan fingerprint density at radius 1 is 1.21 bits per heavy atom. The molecule has 1 saturated carbocycles. The fourth-order valence-corrected chi connectivity index (χ4v) is 4.01. The summed E-state index contributed by atoms with van der Waals surface area (Å²) in [5.74, 6) is 0.145. The minimum absolute atomic E-state index is 0. The van der Waals surface area contributed by atoms with Crippen LogP contribution in [0, 0.1) is 0 Å². The first kappa shape index (κ1) is 19.2. The second-order valence-corrected chi connectivity index (χ2v) is 7.30. The lowest BCUT2D eigenvalue weighted by Gasteiger charge is -2.43. The van der Waals surface area contributed by atoms with Crippen LogP contribution < -0.4 is 10.6 Å². The summed E-state index contributed by atoms with van der Waals surface area (Å²) < 4.78 is 0. The predicted octanol–water partition coefficient (Wildman–Crippen LogP) is 2.50. The van der Waals surface area contributed by atoms with Crippen LogP contribution in [0.15, 0.2) is 24.3 Å². The predicted molar refractivity (Wildman–Crippen MR) is 101 cm³/mol. The second kappa shape index (κ2) is 8.32. The number of halogens is 1. The van der Waals surface area contributed by atoms with Crippen molar-refractivity contribution < 1.29 is 4.79 Å². The third-order valence-corrected chi connectivity index (χ3v) is 5.72. The van der Waals surface area contributed by atoms with Crippen molar-refractivity contribution >= 4 is 18.3 Å². The Bertz CT molecular complexity index is 555. The minimum atomic E-state index is -0.104. The van der Waals surface area contributed by atoms with Crippen LogP contribution in [0.1, 0.15) is 43.2 Å².